The van der Waals surface area contributed by atoms with Crippen molar-refractivity contribution >= 4 is 35.0 Å². The minimum atomic E-state index is -0.913. The Hall–Kier alpha value is -2.57. The van der Waals surface area contributed by atoms with E-state index < -0.39 is 5.97 Å². The molecule has 0 spiro atoms. The fraction of sp³-hybridized carbons (Fsp3) is 0.379. The summed E-state index contributed by atoms with van der Waals surface area (Å²) in [5, 5.41) is 11.4. The van der Waals surface area contributed by atoms with Crippen LogP contribution in [0.5, 0.6) is 0 Å². The average molecular weight is 510 g/mol. The normalized spacial score (nSPS) is 12.1. The number of benzene rings is 2. The van der Waals surface area contributed by atoms with Crippen LogP contribution < -0.4 is 5.32 Å². The summed E-state index contributed by atoms with van der Waals surface area (Å²) in [5.74, 6) is 0.886. The van der Waals surface area contributed by atoms with E-state index in [0.29, 0.717) is 16.7 Å². The number of carboxylic acid groups (broad SMARTS) is 1. The first-order valence-corrected chi connectivity index (χ1v) is 13.9. The minimum Gasteiger partial charge on any atom is -0.481 e. The molecule has 3 rings (SSSR count). The Balaban J connectivity index is 1.56. The number of hydrogen-bond acceptors (Lipinski definition) is 4. The molecular formula is C29H35NO3S2. The second-order valence-electron chi connectivity index (χ2n) is 9.49. The molecule has 1 heterocycles. The van der Waals surface area contributed by atoms with Gasteiger partial charge in [0.2, 0.25) is 0 Å². The van der Waals surface area contributed by atoms with Gasteiger partial charge in [0.1, 0.15) is 0 Å². The van der Waals surface area contributed by atoms with E-state index in [4.69, 9.17) is 5.11 Å². The van der Waals surface area contributed by atoms with Crippen molar-refractivity contribution < 1.29 is 14.7 Å². The summed E-state index contributed by atoms with van der Waals surface area (Å²) < 4.78 is 0. The molecule has 186 valence electrons. The predicted octanol–water partition coefficient (Wildman–Crippen LogP) is 7.33. The van der Waals surface area contributed by atoms with Crippen molar-refractivity contribution in [2.75, 3.05) is 12.3 Å². The van der Waals surface area contributed by atoms with Gasteiger partial charge in [-0.05, 0) is 84.2 Å². The number of rotatable bonds is 11. The standard InChI is InChI=1S/C29H35NO3S2/c1-18(2)22-6-8-23(9-7-22)28-20(4)15-25(16-21(28)5)34-17-19(3)14-24-10-11-26(35-24)29(33)30-13-12-27(31)32/h6-11,15-16,18-19H,12-14,17H2,1-5H3,(H,30,33)(H,31,32). The lowest BCUT2D eigenvalue weighted by Gasteiger charge is -2.15. The smallest absolute Gasteiger partial charge is 0.305 e. The molecule has 0 bridgehead atoms. The number of aliphatic carboxylic acids is 1. The monoisotopic (exact) mass is 509 g/mol. The Morgan fingerprint density at radius 2 is 1.66 bits per heavy atom. The van der Waals surface area contributed by atoms with Gasteiger partial charge in [-0.25, -0.2) is 0 Å². The van der Waals surface area contributed by atoms with Crippen molar-refractivity contribution in [2.24, 2.45) is 5.92 Å². The fourth-order valence-electron chi connectivity index (χ4n) is 4.12. The zero-order valence-electron chi connectivity index (χ0n) is 21.2. The third kappa shape index (κ3) is 7.71. The first kappa shape index (κ1) is 27.0. The van der Waals surface area contributed by atoms with Crippen LogP contribution in [0.25, 0.3) is 11.1 Å². The lowest BCUT2D eigenvalue weighted by Crippen LogP contribution is -2.25. The van der Waals surface area contributed by atoms with Gasteiger partial charge in [0, 0.05) is 22.1 Å². The van der Waals surface area contributed by atoms with Crippen LogP contribution in [0, 0.1) is 19.8 Å². The van der Waals surface area contributed by atoms with Crippen LogP contribution in [-0.2, 0) is 11.2 Å². The van der Waals surface area contributed by atoms with Gasteiger partial charge in [-0.15, -0.1) is 23.1 Å². The zero-order valence-corrected chi connectivity index (χ0v) is 22.8. The van der Waals surface area contributed by atoms with Gasteiger partial charge in [0.25, 0.3) is 5.91 Å². The SMILES string of the molecule is Cc1cc(SCC(C)Cc2ccc(C(=O)NCCC(=O)O)s2)cc(C)c1-c1ccc(C(C)C)cc1. The van der Waals surface area contributed by atoms with Crippen molar-refractivity contribution in [3.05, 3.63) is 75.0 Å². The number of thiophene rings is 1. The molecule has 1 atom stereocenters. The van der Waals surface area contributed by atoms with E-state index in [0.717, 1.165) is 12.2 Å². The van der Waals surface area contributed by atoms with Crippen molar-refractivity contribution in [2.45, 2.75) is 58.3 Å². The molecule has 6 heteroatoms. The number of carbonyl (C=O) groups is 2. The molecule has 0 aliphatic carbocycles. The summed E-state index contributed by atoms with van der Waals surface area (Å²) in [4.78, 5) is 25.9. The average Bonchev–Trinajstić information content (AvgIpc) is 3.26. The third-order valence-corrected chi connectivity index (χ3v) is 8.38. The van der Waals surface area contributed by atoms with Crippen LogP contribution in [0.15, 0.2) is 53.4 Å². The maximum Gasteiger partial charge on any atom is 0.305 e. The lowest BCUT2D eigenvalue weighted by atomic mass is 9.93. The molecule has 2 aromatic carbocycles. The van der Waals surface area contributed by atoms with Gasteiger partial charge in [-0.3, -0.25) is 9.59 Å². The van der Waals surface area contributed by atoms with E-state index in [9.17, 15) is 9.59 Å². The molecule has 0 saturated carbocycles. The van der Waals surface area contributed by atoms with Crippen molar-refractivity contribution in [3.63, 3.8) is 0 Å². The number of amides is 1. The number of carbonyl (C=O) groups excluding carboxylic acids is 1. The molecule has 0 saturated heterocycles. The van der Waals surface area contributed by atoms with Gasteiger partial charge in [0.05, 0.1) is 11.3 Å². The van der Waals surface area contributed by atoms with Crippen LogP contribution in [0.4, 0.5) is 0 Å². The van der Waals surface area contributed by atoms with Crippen molar-refractivity contribution in [1.29, 1.82) is 0 Å². The molecule has 1 amide bonds. The summed E-state index contributed by atoms with van der Waals surface area (Å²) in [7, 11) is 0. The zero-order chi connectivity index (χ0) is 25.5. The minimum absolute atomic E-state index is 0.0669. The molecule has 0 fully saturated rings. The van der Waals surface area contributed by atoms with Crippen LogP contribution in [0.2, 0.25) is 0 Å². The number of carboxylic acids is 1. The summed E-state index contributed by atoms with van der Waals surface area (Å²) >= 11 is 3.37. The molecule has 0 radical (unpaired) electrons. The lowest BCUT2D eigenvalue weighted by molar-refractivity contribution is -0.136. The highest BCUT2D eigenvalue weighted by atomic mass is 32.2. The Kier molecular flexibility index (Phi) is 9.58. The van der Waals surface area contributed by atoms with Crippen LogP contribution in [0.1, 0.15) is 64.3 Å². The molecular weight excluding hydrogens is 474 g/mol. The molecule has 1 aromatic heterocycles. The predicted molar refractivity (Wildman–Crippen MR) is 148 cm³/mol. The molecule has 35 heavy (non-hydrogen) atoms. The van der Waals surface area contributed by atoms with Gasteiger partial charge >= 0.3 is 5.97 Å². The second kappa shape index (κ2) is 12.4. The molecule has 0 aliphatic rings. The topological polar surface area (TPSA) is 66.4 Å². The first-order valence-electron chi connectivity index (χ1n) is 12.1. The quantitative estimate of drug-likeness (QED) is 0.266. The summed E-state index contributed by atoms with van der Waals surface area (Å²) in [5.41, 5.74) is 6.56. The van der Waals surface area contributed by atoms with Crippen molar-refractivity contribution in [3.8, 4) is 11.1 Å². The van der Waals surface area contributed by atoms with Gasteiger partial charge in [-0.1, -0.05) is 45.0 Å². The molecule has 4 nitrogen and oxygen atoms in total. The van der Waals surface area contributed by atoms with Gasteiger partial charge < -0.3 is 10.4 Å². The maximum atomic E-state index is 12.2. The number of thioether (sulfide) groups is 1. The van der Waals surface area contributed by atoms with E-state index in [1.54, 1.807) is 0 Å². The van der Waals surface area contributed by atoms with Gasteiger partial charge in [-0.2, -0.15) is 0 Å². The van der Waals surface area contributed by atoms with E-state index >= 15 is 0 Å². The number of nitrogens with one attached hydrogen (secondary N) is 1. The first-order chi connectivity index (χ1) is 16.6. The Labute approximate surface area is 217 Å². The summed E-state index contributed by atoms with van der Waals surface area (Å²) in [6.07, 6.45) is 0.848. The van der Waals surface area contributed by atoms with Gasteiger partial charge in [0.15, 0.2) is 0 Å². The van der Waals surface area contributed by atoms with E-state index in [1.165, 1.54) is 48.9 Å². The summed E-state index contributed by atoms with van der Waals surface area (Å²) in [6, 6.07) is 17.4. The van der Waals surface area contributed by atoms with Crippen LogP contribution >= 0.6 is 23.1 Å². The van der Waals surface area contributed by atoms with Crippen LogP contribution in [0.3, 0.4) is 0 Å². The third-order valence-electron chi connectivity index (χ3n) is 5.97. The van der Waals surface area contributed by atoms with E-state index in [1.807, 2.05) is 23.9 Å². The molecule has 0 aliphatic heterocycles. The van der Waals surface area contributed by atoms with E-state index in [2.05, 4.69) is 76.3 Å². The molecule has 2 N–H and O–H groups in total. The highest BCUT2D eigenvalue weighted by Crippen LogP contribution is 2.33. The Bertz CT molecular complexity index is 1140. The Morgan fingerprint density at radius 1 is 1.00 bits per heavy atom. The highest BCUT2D eigenvalue weighted by Gasteiger charge is 2.13. The molecule has 1 unspecified atom stereocenters. The largest absolute Gasteiger partial charge is 0.481 e. The maximum absolute atomic E-state index is 12.2. The Morgan fingerprint density at radius 3 is 2.26 bits per heavy atom. The summed E-state index contributed by atoms with van der Waals surface area (Å²) in [6.45, 7) is 11.2. The second-order valence-corrected chi connectivity index (χ2v) is 11.8. The number of hydrogen-bond donors (Lipinski definition) is 2. The molecule has 3 aromatic rings. The number of aryl methyl sites for hydroxylation is 2. The highest BCUT2D eigenvalue weighted by molar-refractivity contribution is 7.99. The van der Waals surface area contributed by atoms with E-state index in [-0.39, 0.29) is 18.9 Å². The van der Waals surface area contributed by atoms with Crippen LogP contribution in [-0.4, -0.2) is 29.3 Å². The van der Waals surface area contributed by atoms with Crippen molar-refractivity contribution in [1.82, 2.24) is 5.32 Å². The fourth-order valence-corrected chi connectivity index (χ4v) is 6.32.